The Morgan fingerprint density at radius 3 is 2.78 bits per heavy atom. The molecule has 1 amide bonds. The number of aryl methyl sites for hydroxylation is 1. The summed E-state index contributed by atoms with van der Waals surface area (Å²) in [6.07, 6.45) is 2.97. The number of thiazole rings is 1. The maximum absolute atomic E-state index is 12.5. The van der Waals surface area contributed by atoms with Crippen molar-refractivity contribution in [2.45, 2.75) is 20.4 Å². The molecule has 0 saturated carbocycles. The van der Waals surface area contributed by atoms with Crippen LogP contribution in [0.4, 0.5) is 16.6 Å². The predicted molar refractivity (Wildman–Crippen MR) is 101 cm³/mol. The molecule has 0 aliphatic carbocycles. The molecule has 0 aliphatic heterocycles. The number of aromatic nitrogens is 3. The molecule has 9 nitrogen and oxygen atoms in total. The maximum atomic E-state index is 12.5. The van der Waals surface area contributed by atoms with E-state index in [9.17, 15) is 14.7 Å². The second-order valence-electron chi connectivity index (χ2n) is 5.80. The van der Waals surface area contributed by atoms with Crippen LogP contribution in [0, 0.1) is 13.8 Å². The highest BCUT2D eigenvalue weighted by Crippen LogP contribution is 2.29. The Bertz CT molecular complexity index is 1010. The van der Waals surface area contributed by atoms with Crippen LogP contribution in [0.3, 0.4) is 0 Å². The van der Waals surface area contributed by atoms with Gasteiger partial charge in [-0.2, -0.15) is 5.10 Å². The number of aliphatic carboxylic acids is 1. The molecule has 0 fully saturated rings. The van der Waals surface area contributed by atoms with Crippen molar-refractivity contribution in [3.05, 3.63) is 46.6 Å². The third-order valence-electron chi connectivity index (χ3n) is 3.79. The number of phenols is 1. The largest absolute Gasteiger partial charge is 0.508 e. The van der Waals surface area contributed by atoms with Gasteiger partial charge in [-0.3, -0.25) is 14.3 Å². The zero-order valence-corrected chi connectivity index (χ0v) is 15.4. The third kappa shape index (κ3) is 4.23. The molecule has 0 atom stereocenters. The van der Waals surface area contributed by atoms with Gasteiger partial charge in [-0.15, -0.1) is 0 Å². The fourth-order valence-electron chi connectivity index (χ4n) is 2.40. The lowest BCUT2D eigenvalue weighted by atomic mass is 10.1. The topological polar surface area (TPSA) is 129 Å². The molecule has 0 spiro atoms. The minimum Gasteiger partial charge on any atom is -0.508 e. The Labute approximate surface area is 158 Å². The first-order chi connectivity index (χ1) is 12.8. The van der Waals surface area contributed by atoms with Gasteiger partial charge < -0.3 is 20.8 Å². The van der Waals surface area contributed by atoms with E-state index in [1.54, 1.807) is 25.1 Å². The number of carboxylic acid groups (broad SMARTS) is 1. The van der Waals surface area contributed by atoms with E-state index in [-0.39, 0.29) is 18.2 Å². The lowest BCUT2D eigenvalue weighted by molar-refractivity contribution is -0.137. The van der Waals surface area contributed by atoms with Crippen LogP contribution >= 0.6 is 11.3 Å². The number of nitrogens with zero attached hydrogens (tertiary/aromatic N) is 3. The molecule has 1 aromatic carbocycles. The average Bonchev–Trinajstić information content (AvgIpc) is 3.24. The molecule has 0 unspecified atom stereocenters. The van der Waals surface area contributed by atoms with Crippen LogP contribution in [0.5, 0.6) is 5.75 Å². The molecule has 0 bridgehead atoms. The quantitative estimate of drug-likeness (QED) is 0.512. The number of aromatic hydroxyl groups is 1. The van der Waals surface area contributed by atoms with Gasteiger partial charge in [-0.25, -0.2) is 4.98 Å². The molecule has 3 rings (SSSR count). The minimum atomic E-state index is -0.990. The minimum absolute atomic E-state index is 0.111. The highest BCUT2D eigenvalue weighted by atomic mass is 32.1. The maximum Gasteiger partial charge on any atom is 0.325 e. The van der Waals surface area contributed by atoms with Gasteiger partial charge in [-0.1, -0.05) is 17.4 Å². The molecular weight excluding hydrogens is 370 g/mol. The van der Waals surface area contributed by atoms with Crippen LogP contribution in [0.25, 0.3) is 0 Å². The third-order valence-corrected chi connectivity index (χ3v) is 4.70. The van der Waals surface area contributed by atoms with Gasteiger partial charge in [0.25, 0.3) is 5.91 Å². The number of carboxylic acids is 1. The van der Waals surface area contributed by atoms with E-state index in [1.807, 2.05) is 6.92 Å². The van der Waals surface area contributed by atoms with Gasteiger partial charge >= 0.3 is 5.97 Å². The molecular formula is C17H17N5O4S. The van der Waals surface area contributed by atoms with Crippen molar-refractivity contribution in [3.8, 4) is 5.75 Å². The van der Waals surface area contributed by atoms with Gasteiger partial charge in [0.1, 0.15) is 17.2 Å². The first kappa shape index (κ1) is 18.4. The van der Waals surface area contributed by atoms with Gasteiger partial charge in [0.15, 0.2) is 10.9 Å². The zero-order chi connectivity index (χ0) is 19.6. The van der Waals surface area contributed by atoms with E-state index in [2.05, 4.69) is 20.7 Å². The fraction of sp³-hybridized carbons (Fsp3) is 0.176. The summed E-state index contributed by atoms with van der Waals surface area (Å²) in [7, 11) is 0. The number of hydrogen-bond donors (Lipinski definition) is 4. The van der Waals surface area contributed by atoms with Crippen molar-refractivity contribution in [1.29, 1.82) is 0 Å². The van der Waals surface area contributed by atoms with E-state index < -0.39 is 5.97 Å². The number of amides is 1. The number of anilines is 3. The summed E-state index contributed by atoms with van der Waals surface area (Å²) >= 11 is 1.13. The van der Waals surface area contributed by atoms with E-state index >= 15 is 0 Å². The first-order valence-electron chi connectivity index (χ1n) is 7.92. The molecule has 3 aromatic rings. The molecule has 140 valence electrons. The number of phenolic OH excluding ortho intramolecular Hbond substituents is 1. The molecule has 0 aliphatic rings. The van der Waals surface area contributed by atoms with Gasteiger partial charge in [0.05, 0.1) is 11.9 Å². The van der Waals surface area contributed by atoms with E-state index in [0.717, 1.165) is 16.9 Å². The molecule has 4 N–H and O–H groups in total. The lowest BCUT2D eigenvalue weighted by Gasteiger charge is -2.11. The number of carbonyl (C=O) groups is 2. The highest BCUT2D eigenvalue weighted by molar-refractivity contribution is 7.17. The van der Waals surface area contributed by atoms with Crippen molar-refractivity contribution >= 4 is 39.9 Å². The smallest absolute Gasteiger partial charge is 0.325 e. The van der Waals surface area contributed by atoms with Gasteiger partial charge in [0.2, 0.25) is 0 Å². The van der Waals surface area contributed by atoms with Gasteiger partial charge in [-0.05, 0) is 25.5 Å². The highest BCUT2D eigenvalue weighted by Gasteiger charge is 2.15. The van der Waals surface area contributed by atoms with Crippen LogP contribution in [-0.2, 0) is 11.3 Å². The van der Waals surface area contributed by atoms with Crippen LogP contribution in [0.15, 0.2) is 30.6 Å². The van der Waals surface area contributed by atoms with Crippen LogP contribution in [-0.4, -0.2) is 36.9 Å². The van der Waals surface area contributed by atoms with Crippen molar-refractivity contribution < 1.29 is 19.8 Å². The lowest BCUT2D eigenvalue weighted by Crippen LogP contribution is -2.12. The van der Waals surface area contributed by atoms with Crippen molar-refractivity contribution in [2.75, 3.05) is 10.6 Å². The fourth-order valence-corrected chi connectivity index (χ4v) is 3.12. The summed E-state index contributed by atoms with van der Waals surface area (Å²) < 4.78 is 1.28. The molecule has 2 heterocycles. The molecule has 0 radical (unpaired) electrons. The summed E-state index contributed by atoms with van der Waals surface area (Å²) in [5, 5.41) is 28.8. The Hall–Kier alpha value is -3.40. The average molecular weight is 387 g/mol. The number of benzene rings is 1. The Balaban J connectivity index is 1.70. The standard InChI is InChI=1S/C17H17N5O4S/c1-9-3-4-11(23)10(2)15(9)20-16(26)12-7-18-17(27-12)19-13-5-6-22(21-13)8-14(24)25/h3-7,23H,8H2,1-2H3,(H,20,26)(H,24,25)(H,18,19,21). The summed E-state index contributed by atoms with van der Waals surface area (Å²) in [4.78, 5) is 27.7. The summed E-state index contributed by atoms with van der Waals surface area (Å²) in [5.41, 5.74) is 2.00. The zero-order valence-electron chi connectivity index (χ0n) is 14.6. The van der Waals surface area contributed by atoms with Crippen LogP contribution < -0.4 is 10.6 Å². The molecule has 10 heteroatoms. The van der Waals surface area contributed by atoms with Crippen molar-refractivity contribution in [3.63, 3.8) is 0 Å². The number of hydrogen-bond acceptors (Lipinski definition) is 7. The molecule has 27 heavy (non-hydrogen) atoms. The van der Waals surface area contributed by atoms with E-state index in [1.165, 1.54) is 17.1 Å². The summed E-state index contributed by atoms with van der Waals surface area (Å²) in [6.45, 7) is 3.33. The Kier molecular flexibility index (Phi) is 5.08. The van der Waals surface area contributed by atoms with Gasteiger partial charge in [0, 0.05) is 17.8 Å². The normalized spacial score (nSPS) is 10.6. The molecule has 2 aromatic heterocycles. The SMILES string of the molecule is Cc1ccc(O)c(C)c1NC(=O)c1cnc(Nc2ccn(CC(=O)O)n2)s1. The number of rotatable bonds is 6. The van der Waals surface area contributed by atoms with Crippen LogP contribution in [0.2, 0.25) is 0 Å². The summed E-state index contributed by atoms with van der Waals surface area (Å²) in [6, 6.07) is 4.92. The number of nitrogens with one attached hydrogen (secondary N) is 2. The van der Waals surface area contributed by atoms with E-state index in [0.29, 0.717) is 27.1 Å². The van der Waals surface area contributed by atoms with Crippen molar-refractivity contribution in [1.82, 2.24) is 14.8 Å². The van der Waals surface area contributed by atoms with E-state index in [4.69, 9.17) is 5.11 Å². The number of carbonyl (C=O) groups excluding carboxylic acids is 1. The Morgan fingerprint density at radius 2 is 2.04 bits per heavy atom. The van der Waals surface area contributed by atoms with Crippen molar-refractivity contribution in [2.24, 2.45) is 0 Å². The predicted octanol–water partition coefficient (Wildman–Crippen LogP) is 2.74. The summed E-state index contributed by atoms with van der Waals surface area (Å²) in [5.74, 6) is -0.791. The monoisotopic (exact) mass is 387 g/mol. The molecule has 0 saturated heterocycles. The Morgan fingerprint density at radius 1 is 1.26 bits per heavy atom. The first-order valence-corrected chi connectivity index (χ1v) is 8.73. The second kappa shape index (κ2) is 7.46. The van der Waals surface area contributed by atoms with Crippen LogP contribution in [0.1, 0.15) is 20.8 Å². The second-order valence-corrected chi connectivity index (χ2v) is 6.83.